The van der Waals surface area contributed by atoms with Crippen LogP contribution in [0.15, 0.2) is 28.9 Å². The molecule has 0 fully saturated rings. The molecule has 19 heavy (non-hydrogen) atoms. The van der Waals surface area contributed by atoms with Gasteiger partial charge in [-0.25, -0.2) is 4.98 Å². The van der Waals surface area contributed by atoms with E-state index in [0.717, 1.165) is 38.4 Å². The van der Waals surface area contributed by atoms with Crippen LogP contribution in [0.2, 0.25) is 0 Å². The monoisotopic (exact) mass is 320 g/mol. The van der Waals surface area contributed by atoms with E-state index in [0.29, 0.717) is 0 Å². The molecule has 0 saturated heterocycles. The Bertz CT molecular complexity index is 611. The van der Waals surface area contributed by atoms with Gasteiger partial charge < -0.3 is 10.1 Å². The van der Waals surface area contributed by atoms with Crippen molar-refractivity contribution >= 4 is 27.4 Å². The number of pyridine rings is 1. The number of rotatable bonds is 3. The van der Waals surface area contributed by atoms with E-state index < -0.39 is 0 Å². The number of aromatic nitrogens is 1. The van der Waals surface area contributed by atoms with Crippen LogP contribution >= 0.6 is 15.9 Å². The molecule has 2 aromatic rings. The molecular weight excluding hydrogens is 304 g/mol. The van der Waals surface area contributed by atoms with Crippen molar-refractivity contribution in [1.82, 2.24) is 4.98 Å². The number of hydrogen-bond donors (Lipinski definition) is 1. The lowest BCUT2D eigenvalue weighted by molar-refractivity contribution is 0.411. The smallest absolute Gasteiger partial charge is 0.133 e. The molecule has 0 saturated carbocycles. The Morgan fingerprint density at radius 1 is 1.05 bits per heavy atom. The predicted molar refractivity (Wildman–Crippen MR) is 82.4 cm³/mol. The van der Waals surface area contributed by atoms with Gasteiger partial charge in [0.05, 0.1) is 7.11 Å². The maximum absolute atomic E-state index is 5.32. The molecule has 0 aliphatic heterocycles. The van der Waals surface area contributed by atoms with Crippen molar-refractivity contribution in [2.45, 2.75) is 20.8 Å². The molecule has 0 aliphatic carbocycles. The van der Waals surface area contributed by atoms with Crippen LogP contribution < -0.4 is 10.1 Å². The van der Waals surface area contributed by atoms with Crippen LogP contribution in [0, 0.1) is 20.8 Å². The first-order chi connectivity index (χ1) is 9.01. The SMILES string of the molecule is COc1cc(C)c(Nc2ncc(Br)cc2C)cc1C. The molecule has 2 rings (SSSR count). The van der Waals surface area contributed by atoms with E-state index in [1.165, 1.54) is 0 Å². The van der Waals surface area contributed by atoms with Gasteiger partial charge in [0.1, 0.15) is 11.6 Å². The van der Waals surface area contributed by atoms with Crippen molar-refractivity contribution in [1.29, 1.82) is 0 Å². The molecular formula is C15H17BrN2O. The van der Waals surface area contributed by atoms with E-state index in [-0.39, 0.29) is 0 Å². The average Bonchev–Trinajstić information content (AvgIpc) is 2.36. The first kappa shape index (κ1) is 13.9. The number of anilines is 2. The molecule has 0 radical (unpaired) electrons. The van der Waals surface area contributed by atoms with Crippen LogP contribution in [0.3, 0.4) is 0 Å². The lowest BCUT2D eigenvalue weighted by Gasteiger charge is -2.14. The highest BCUT2D eigenvalue weighted by molar-refractivity contribution is 9.10. The molecule has 0 atom stereocenters. The summed E-state index contributed by atoms with van der Waals surface area (Å²) in [5.74, 6) is 1.78. The van der Waals surface area contributed by atoms with Gasteiger partial charge in [0.15, 0.2) is 0 Å². The maximum atomic E-state index is 5.32. The Balaban J connectivity index is 2.35. The quantitative estimate of drug-likeness (QED) is 0.902. The number of nitrogens with one attached hydrogen (secondary N) is 1. The van der Waals surface area contributed by atoms with Crippen molar-refractivity contribution in [3.8, 4) is 5.75 Å². The standard InChI is InChI=1S/C15H17BrN2O/c1-9-7-14(19-4)10(2)6-13(9)18-15-11(3)5-12(16)8-17-15/h5-8H,1-4H3,(H,17,18). The molecule has 0 aliphatic rings. The molecule has 1 heterocycles. The molecule has 1 aromatic carbocycles. The highest BCUT2D eigenvalue weighted by Crippen LogP contribution is 2.29. The van der Waals surface area contributed by atoms with Crippen molar-refractivity contribution in [3.05, 3.63) is 45.6 Å². The molecule has 1 N–H and O–H groups in total. The predicted octanol–water partition coefficient (Wildman–Crippen LogP) is 4.52. The van der Waals surface area contributed by atoms with Gasteiger partial charge in [0.25, 0.3) is 0 Å². The summed E-state index contributed by atoms with van der Waals surface area (Å²) in [6, 6.07) is 6.16. The lowest BCUT2D eigenvalue weighted by Crippen LogP contribution is -1.99. The molecule has 3 nitrogen and oxygen atoms in total. The van der Waals surface area contributed by atoms with Gasteiger partial charge in [-0.3, -0.25) is 0 Å². The Hall–Kier alpha value is -1.55. The molecule has 4 heteroatoms. The maximum Gasteiger partial charge on any atom is 0.133 e. The summed E-state index contributed by atoms with van der Waals surface area (Å²) in [6.07, 6.45) is 1.79. The molecule has 0 spiro atoms. The first-order valence-corrected chi connectivity index (χ1v) is 6.85. The minimum absolute atomic E-state index is 0.871. The number of ether oxygens (including phenoxy) is 1. The van der Waals surface area contributed by atoms with Crippen LogP contribution in [-0.4, -0.2) is 12.1 Å². The number of benzene rings is 1. The second-order valence-electron chi connectivity index (χ2n) is 4.58. The Kier molecular flexibility index (Phi) is 4.10. The zero-order chi connectivity index (χ0) is 14.0. The fraction of sp³-hybridized carbons (Fsp3) is 0.267. The fourth-order valence-electron chi connectivity index (χ4n) is 1.94. The van der Waals surface area contributed by atoms with Gasteiger partial charge in [-0.1, -0.05) is 0 Å². The van der Waals surface area contributed by atoms with Crippen molar-refractivity contribution in [3.63, 3.8) is 0 Å². The largest absolute Gasteiger partial charge is 0.496 e. The minimum Gasteiger partial charge on any atom is -0.496 e. The van der Waals surface area contributed by atoms with Gasteiger partial charge in [-0.15, -0.1) is 0 Å². The number of halogens is 1. The summed E-state index contributed by atoms with van der Waals surface area (Å²) in [6.45, 7) is 6.12. The van der Waals surface area contributed by atoms with Crippen LogP contribution in [-0.2, 0) is 0 Å². The number of aryl methyl sites for hydroxylation is 3. The Morgan fingerprint density at radius 3 is 2.42 bits per heavy atom. The summed E-state index contributed by atoms with van der Waals surface area (Å²) in [4.78, 5) is 4.40. The van der Waals surface area contributed by atoms with E-state index in [4.69, 9.17) is 4.74 Å². The van der Waals surface area contributed by atoms with Crippen LogP contribution in [0.1, 0.15) is 16.7 Å². The summed E-state index contributed by atoms with van der Waals surface area (Å²) in [7, 11) is 1.69. The average molecular weight is 321 g/mol. The minimum atomic E-state index is 0.871. The third-order valence-corrected chi connectivity index (χ3v) is 3.47. The normalized spacial score (nSPS) is 10.4. The van der Waals surface area contributed by atoms with Gasteiger partial charge in [-0.2, -0.15) is 0 Å². The Morgan fingerprint density at radius 2 is 1.79 bits per heavy atom. The Labute approximate surface area is 122 Å². The summed E-state index contributed by atoms with van der Waals surface area (Å²) in [5.41, 5.74) is 4.38. The third-order valence-electron chi connectivity index (χ3n) is 3.04. The topological polar surface area (TPSA) is 34.1 Å². The van der Waals surface area contributed by atoms with Crippen LogP contribution in [0.4, 0.5) is 11.5 Å². The summed E-state index contributed by atoms with van der Waals surface area (Å²) >= 11 is 3.42. The zero-order valence-corrected chi connectivity index (χ0v) is 13.1. The third kappa shape index (κ3) is 3.07. The number of hydrogen-bond acceptors (Lipinski definition) is 3. The molecule has 0 unspecified atom stereocenters. The fourth-order valence-corrected chi connectivity index (χ4v) is 2.39. The van der Waals surface area contributed by atoms with Crippen molar-refractivity contribution in [2.75, 3.05) is 12.4 Å². The first-order valence-electron chi connectivity index (χ1n) is 6.05. The van der Waals surface area contributed by atoms with E-state index in [1.54, 1.807) is 13.3 Å². The van der Waals surface area contributed by atoms with Gasteiger partial charge in [0.2, 0.25) is 0 Å². The summed E-state index contributed by atoms with van der Waals surface area (Å²) in [5, 5.41) is 3.37. The molecule has 1 aromatic heterocycles. The van der Waals surface area contributed by atoms with Gasteiger partial charge in [0, 0.05) is 16.4 Å². The highest BCUT2D eigenvalue weighted by Gasteiger charge is 2.07. The van der Waals surface area contributed by atoms with E-state index >= 15 is 0 Å². The second-order valence-corrected chi connectivity index (χ2v) is 5.50. The van der Waals surface area contributed by atoms with E-state index in [2.05, 4.69) is 39.2 Å². The number of methoxy groups -OCH3 is 1. The van der Waals surface area contributed by atoms with Crippen molar-refractivity contribution in [2.24, 2.45) is 0 Å². The van der Waals surface area contributed by atoms with Crippen LogP contribution in [0.5, 0.6) is 5.75 Å². The van der Waals surface area contributed by atoms with Crippen molar-refractivity contribution < 1.29 is 4.74 Å². The molecule has 0 bridgehead atoms. The van der Waals surface area contributed by atoms with Gasteiger partial charge in [-0.05, 0) is 71.6 Å². The van der Waals surface area contributed by atoms with Crippen LogP contribution in [0.25, 0.3) is 0 Å². The zero-order valence-electron chi connectivity index (χ0n) is 11.5. The molecule has 0 amide bonds. The summed E-state index contributed by atoms with van der Waals surface area (Å²) < 4.78 is 6.31. The van der Waals surface area contributed by atoms with E-state index in [1.807, 2.05) is 26.0 Å². The van der Waals surface area contributed by atoms with Gasteiger partial charge >= 0.3 is 0 Å². The lowest BCUT2D eigenvalue weighted by atomic mass is 10.1. The number of nitrogens with zero attached hydrogens (tertiary/aromatic N) is 1. The van der Waals surface area contributed by atoms with E-state index in [9.17, 15) is 0 Å². The second kappa shape index (κ2) is 5.61. The molecule has 100 valence electrons. The highest BCUT2D eigenvalue weighted by atomic mass is 79.9.